The first-order valence-corrected chi connectivity index (χ1v) is 20.6. The van der Waals surface area contributed by atoms with E-state index in [1.165, 1.54) is 4.90 Å². The van der Waals surface area contributed by atoms with Gasteiger partial charge in [0.25, 0.3) is 5.91 Å². The molecule has 1 aromatic heterocycles. The van der Waals surface area contributed by atoms with Crippen LogP contribution in [0.5, 0.6) is 17.2 Å². The Morgan fingerprint density at radius 3 is 2.61 bits per heavy atom. The van der Waals surface area contributed by atoms with E-state index < -0.39 is 67.7 Å². The number of carbonyl (C=O) groups is 4. The van der Waals surface area contributed by atoms with Crippen molar-refractivity contribution in [3.63, 3.8) is 0 Å². The number of pyridine rings is 1. The number of aromatic nitrogens is 1. The lowest BCUT2D eigenvalue weighted by Gasteiger charge is -2.37. The molecule has 3 saturated carbocycles. The van der Waals surface area contributed by atoms with Crippen molar-refractivity contribution in [2.75, 3.05) is 13.3 Å². The lowest BCUT2D eigenvalue weighted by molar-refractivity contribution is -0.141. The summed E-state index contributed by atoms with van der Waals surface area (Å²) in [4.78, 5) is 61.4. The van der Waals surface area contributed by atoms with Gasteiger partial charge in [-0.3, -0.25) is 19.1 Å². The molecule has 7 aliphatic rings. The number of carbonyl (C=O) groups excluding carboxylic acids is 3. The molecular weight excluding hydrogens is 719 g/mol. The van der Waals surface area contributed by atoms with Crippen LogP contribution in [0.4, 0.5) is 4.79 Å². The summed E-state index contributed by atoms with van der Waals surface area (Å²) in [6.45, 7) is 1.69. The maximum atomic E-state index is 14.6. The first-order valence-electron chi connectivity index (χ1n) is 19.1. The number of nitrogens with one attached hydrogen (secondary N) is 3. The molecule has 5 heterocycles. The van der Waals surface area contributed by atoms with Crippen molar-refractivity contribution in [1.29, 1.82) is 0 Å². The molecule has 3 aliphatic carbocycles. The molecule has 16 heteroatoms. The predicted molar refractivity (Wildman–Crippen MR) is 192 cm³/mol. The number of hydrogen-bond donors (Lipinski definition) is 4. The molecule has 1 spiro atoms. The fourth-order valence-corrected chi connectivity index (χ4v) is 10.1. The predicted octanol–water partition coefficient (Wildman–Crippen LogP) is 3.54. The summed E-state index contributed by atoms with van der Waals surface area (Å²) in [6.07, 6.45) is 9.49. The van der Waals surface area contributed by atoms with E-state index >= 15 is 0 Å². The standard InChI is InChI=1S/C38H45N5O10S/c1-36(15-16-36)54(49,50)42-34(46)38-17-22(38)7-5-3-2-4-6-8-25(40-35(47)48)33(45)43-19-37(18-26(43)32(44)41-38)14-13-23-28-24(11-12-27-31(28)52-20-51-27)39-29(21-9-10-21)30(23)53-37/h5,7,11-12,21-22,25-26,40H,2-4,6,8-10,13-20H2,1H3,(H,41,44)(H,42,46)(H,47,48)/b7-5-/t22-,25+,26+,37-,38-/m1/s1. The summed E-state index contributed by atoms with van der Waals surface area (Å²) < 4.78 is 46.2. The Bertz CT molecular complexity index is 2120. The minimum Gasteiger partial charge on any atom is -0.483 e. The Morgan fingerprint density at radius 1 is 1.04 bits per heavy atom. The Labute approximate surface area is 312 Å². The lowest BCUT2D eigenvalue weighted by atomic mass is 9.86. The van der Waals surface area contributed by atoms with Crippen LogP contribution in [-0.4, -0.2) is 88.5 Å². The number of ether oxygens (including phenoxy) is 3. The average molecular weight is 764 g/mol. The number of carboxylic acid groups (broad SMARTS) is 1. The number of allylic oxidation sites excluding steroid dienone is 1. The maximum absolute atomic E-state index is 14.6. The van der Waals surface area contributed by atoms with E-state index in [0.717, 1.165) is 47.8 Å². The molecule has 1 aromatic carbocycles. The fourth-order valence-electron chi connectivity index (χ4n) is 8.79. The Hall–Kier alpha value is -4.60. The number of fused-ring (bicyclic) bond motifs is 7. The minimum atomic E-state index is -4.00. The Morgan fingerprint density at radius 2 is 1.85 bits per heavy atom. The first kappa shape index (κ1) is 35.1. The van der Waals surface area contributed by atoms with Crippen LogP contribution in [0.3, 0.4) is 0 Å². The summed E-state index contributed by atoms with van der Waals surface area (Å²) in [5, 5.41) is 15.9. The summed E-state index contributed by atoms with van der Waals surface area (Å²) in [7, 11) is -4.00. The summed E-state index contributed by atoms with van der Waals surface area (Å²) in [6, 6.07) is 1.54. The van der Waals surface area contributed by atoms with Gasteiger partial charge >= 0.3 is 6.09 Å². The number of hydrogen-bond acceptors (Lipinski definition) is 10. The minimum absolute atomic E-state index is 0.00503. The van der Waals surface area contributed by atoms with Gasteiger partial charge in [-0.15, -0.1) is 0 Å². The third-order valence-electron chi connectivity index (χ3n) is 12.6. The third kappa shape index (κ3) is 5.91. The lowest BCUT2D eigenvalue weighted by Crippen LogP contribution is -2.58. The Kier molecular flexibility index (Phi) is 8.11. The zero-order chi connectivity index (χ0) is 37.6. The van der Waals surface area contributed by atoms with Crippen molar-refractivity contribution < 1.29 is 46.9 Å². The number of rotatable bonds is 5. The van der Waals surface area contributed by atoms with Crippen molar-refractivity contribution in [1.82, 2.24) is 25.2 Å². The van der Waals surface area contributed by atoms with Crippen molar-refractivity contribution in [2.24, 2.45) is 5.92 Å². The van der Waals surface area contributed by atoms with Gasteiger partial charge in [-0.25, -0.2) is 18.2 Å². The topological polar surface area (TPSA) is 203 Å². The molecule has 54 heavy (non-hydrogen) atoms. The second kappa shape index (κ2) is 12.5. The quantitative estimate of drug-likeness (QED) is 0.325. The van der Waals surface area contributed by atoms with Gasteiger partial charge in [0.05, 0.1) is 27.9 Å². The van der Waals surface area contributed by atoms with Gasteiger partial charge in [0, 0.05) is 23.8 Å². The second-order valence-corrected chi connectivity index (χ2v) is 18.7. The molecular formula is C38H45N5O10S. The fraction of sp³-hybridized carbons (Fsp3) is 0.605. The van der Waals surface area contributed by atoms with Gasteiger partial charge in [-0.2, -0.15) is 0 Å². The molecule has 2 aromatic rings. The number of benzene rings is 1. The molecule has 4 N–H and O–H groups in total. The zero-order valence-electron chi connectivity index (χ0n) is 30.1. The van der Waals surface area contributed by atoms with Crippen LogP contribution in [0.25, 0.3) is 10.9 Å². The van der Waals surface area contributed by atoms with E-state index in [4.69, 9.17) is 19.2 Å². The van der Waals surface area contributed by atoms with Crippen LogP contribution < -0.4 is 29.6 Å². The van der Waals surface area contributed by atoms with Crippen LogP contribution in [0, 0.1) is 5.92 Å². The zero-order valence-corrected chi connectivity index (χ0v) is 31.0. The highest BCUT2D eigenvalue weighted by molar-refractivity contribution is 7.91. The number of nitrogens with zero attached hydrogens (tertiary/aromatic N) is 2. The van der Waals surface area contributed by atoms with Crippen molar-refractivity contribution >= 4 is 44.7 Å². The van der Waals surface area contributed by atoms with Crippen molar-refractivity contribution in [3.05, 3.63) is 35.5 Å². The molecule has 0 bridgehead atoms. The Balaban J connectivity index is 1.08. The third-order valence-corrected chi connectivity index (χ3v) is 14.7. The molecule has 4 amide bonds. The first-order chi connectivity index (χ1) is 25.8. The smallest absolute Gasteiger partial charge is 0.405 e. The summed E-state index contributed by atoms with van der Waals surface area (Å²) in [5.74, 6) is -0.342. The van der Waals surface area contributed by atoms with E-state index in [1.54, 1.807) is 6.92 Å². The molecule has 1 saturated heterocycles. The van der Waals surface area contributed by atoms with Crippen LogP contribution in [0.2, 0.25) is 0 Å². The van der Waals surface area contributed by atoms with Gasteiger partial charge in [0.1, 0.15) is 29.0 Å². The SMILES string of the molecule is CC1(S(=O)(=O)NC(=O)[C@@]23C[C@H]2/C=C\CCCCC[C@H](NC(=O)O)C(=O)N2C[C@@]4(CCc5c(c(C6CC6)nc6ccc7c(c56)OCO7)O4)C[C@H]2C(=O)N3)CC1. The van der Waals surface area contributed by atoms with Gasteiger partial charge in [-0.1, -0.05) is 25.0 Å². The van der Waals surface area contributed by atoms with Crippen molar-refractivity contribution in [2.45, 2.75) is 124 Å². The highest BCUT2D eigenvalue weighted by atomic mass is 32.2. The molecule has 5 atom stereocenters. The molecule has 0 unspecified atom stereocenters. The van der Waals surface area contributed by atoms with E-state index in [9.17, 15) is 32.7 Å². The van der Waals surface area contributed by atoms with Crippen LogP contribution in [0.1, 0.15) is 101 Å². The summed E-state index contributed by atoms with van der Waals surface area (Å²) in [5.41, 5.74) is -0.00528. The maximum Gasteiger partial charge on any atom is 0.405 e. The highest BCUT2D eigenvalue weighted by Gasteiger charge is 2.64. The van der Waals surface area contributed by atoms with Gasteiger partial charge in [-0.05, 0) is 83.3 Å². The van der Waals surface area contributed by atoms with Gasteiger partial charge < -0.3 is 34.9 Å². The molecule has 0 radical (unpaired) electrons. The highest BCUT2D eigenvalue weighted by Crippen LogP contribution is 2.54. The molecule has 288 valence electrons. The normalized spacial score (nSPS) is 31.9. The van der Waals surface area contributed by atoms with E-state index in [0.29, 0.717) is 55.8 Å². The van der Waals surface area contributed by atoms with Gasteiger partial charge in [0.15, 0.2) is 11.5 Å². The van der Waals surface area contributed by atoms with E-state index in [-0.39, 0.29) is 38.5 Å². The van der Waals surface area contributed by atoms with Crippen molar-refractivity contribution in [3.8, 4) is 17.2 Å². The molecule has 4 aliphatic heterocycles. The largest absolute Gasteiger partial charge is 0.483 e. The van der Waals surface area contributed by atoms with E-state index in [2.05, 4.69) is 15.4 Å². The van der Waals surface area contributed by atoms with Gasteiger partial charge in [0.2, 0.25) is 28.6 Å². The monoisotopic (exact) mass is 763 g/mol. The summed E-state index contributed by atoms with van der Waals surface area (Å²) >= 11 is 0. The van der Waals surface area contributed by atoms with Crippen LogP contribution in [-0.2, 0) is 30.8 Å². The molecule has 15 nitrogen and oxygen atoms in total. The number of sulfonamides is 1. The van der Waals surface area contributed by atoms with E-state index in [1.807, 2.05) is 24.3 Å². The average Bonchev–Trinajstić information content (AvgIpc) is 4.10. The van der Waals surface area contributed by atoms with Crippen LogP contribution in [0.15, 0.2) is 24.3 Å². The molecule has 4 fully saturated rings. The molecule has 9 rings (SSSR count). The second-order valence-electron chi connectivity index (χ2n) is 16.5. The number of aryl methyl sites for hydroxylation is 1. The van der Waals surface area contributed by atoms with Crippen LogP contribution >= 0.6 is 0 Å². The number of amides is 4.